The van der Waals surface area contributed by atoms with Crippen LogP contribution in [0.3, 0.4) is 0 Å². The Morgan fingerprint density at radius 1 is 1.18 bits per heavy atom. The zero-order valence-electron chi connectivity index (χ0n) is 9.05. The summed E-state index contributed by atoms with van der Waals surface area (Å²) in [6, 6.07) is 5.25. The number of rotatable bonds is 2. The Balaban J connectivity index is 2.17. The van der Waals surface area contributed by atoms with Crippen molar-refractivity contribution in [1.82, 2.24) is 0 Å². The fraction of sp³-hybridized carbons (Fsp3) is 0.308. The minimum absolute atomic E-state index is 0.0620. The van der Waals surface area contributed by atoms with Crippen LogP contribution >= 0.6 is 0 Å². The highest BCUT2D eigenvalue weighted by Gasteiger charge is 2.30. The highest BCUT2D eigenvalue weighted by atomic mass is 19.4. The smallest absolute Gasteiger partial charge is 0.295 e. The van der Waals surface area contributed by atoms with Gasteiger partial charge in [-0.15, -0.1) is 0 Å². The molecule has 1 aromatic rings. The van der Waals surface area contributed by atoms with Crippen molar-refractivity contribution >= 4 is 5.78 Å². The van der Waals surface area contributed by atoms with Crippen molar-refractivity contribution in [2.75, 3.05) is 0 Å². The molecule has 0 saturated heterocycles. The standard InChI is InChI=1S/C13H11F3O/c14-13(15,16)11-3-1-2-9(7-11)6-10-4-5-12(17)8-10/h1-3,7-8H,4-6H2. The molecule has 0 aliphatic heterocycles. The number of carbonyl (C=O) groups is 1. The molecule has 1 aromatic carbocycles. The highest BCUT2D eigenvalue weighted by molar-refractivity contribution is 5.93. The normalized spacial score (nSPS) is 16.2. The predicted octanol–water partition coefficient (Wildman–Crippen LogP) is 3.54. The predicted molar refractivity (Wildman–Crippen MR) is 57.5 cm³/mol. The van der Waals surface area contributed by atoms with E-state index >= 15 is 0 Å². The number of hydrogen-bond acceptors (Lipinski definition) is 1. The first-order chi connectivity index (χ1) is 7.95. The maximum atomic E-state index is 12.5. The van der Waals surface area contributed by atoms with Crippen LogP contribution in [0.15, 0.2) is 35.9 Å². The molecule has 0 fully saturated rings. The van der Waals surface area contributed by atoms with E-state index in [0.29, 0.717) is 24.8 Å². The number of ketones is 1. The molecule has 0 spiro atoms. The summed E-state index contributed by atoms with van der Waals surface area (Å²) < 4.78 is 37.4. The summed E-state index contributed by atoms with van der Waals surface area (Å²) in [5.41, 5.74) is 0.870. The average molecular weight is 240 g/mol. The van der Waals surface area contributed by atoms with Gasteiger partial charge >= 0.3 is 6.18 Å². The lowest BCUT2D eigenvalue weighted by Crippen LogP contribution is -2.05. The van der Waals surface area contributed by atoms with Gasteiger partial charge in [-0.05, 0) is 30.5 Å². The second kappa shape index (κ2) is 4.35. The third-order valence-corrected chi connectivity index (χ3v) is 2.74. The molecule has 2 rings (SSSR count). The molecule has 0 radical (unpaired) electrons. The van der Waals surface area contributed by atoms with E-state index in [9.17, 15) is 18.0 Å². The van der Waals surface area contributed by atoms with Crippen LogP contribution in [0, 0.1) is 0 Å². The van der Waals surface area contributed by atoms with Gasteiger partial charge in [0.15, 0.2) is 5.78 Å². The van der Waals surface area contributed by atoms with Crippen LogP contribution < -0.4 is 0 Å². The molecule has 90 valence electrons. The van der Waals surface area contributed by atoms with Crippen LogP contribution in [0.5, 0.6) is 0 Å². The Bertz CT molecular complexity index is 472. The summed E-state index contributed by atoms with van der Waals surface area (Å²) in [6.45, 7) is 0. The van der Waals surface area contributed by atoms with Crippen molar-refractivity contribution in [1.29, 1.82) is 0 Å². The molecule has 0 heterocycles. The number of benzene rings is 1. The van der Waals surface area contributed by atoms with Crippen molar-refractivity contribution in [2.45, 2.75) is 25.4 Å². The van der Waals surface area contributed by atoms with Crippen molar-refractivity contribution < 1.29 is 18.0 Å². The fourth-order valence-electron chi connectivity index (χ4n) is 1.91. The van der Waals surface area contributed by atoms with Crippen LogP contribution in [0.4, 0.5) is 13.2 Å². The van der Waals surface area contributed by atoms with Gasteiger partial charge in [-0.1, -0.05) is 23.8 Å². The lowest BCUT2D eigenvalue weighted by Gasteiger charge is -2.08. The first kappa shape index (κ1) is 11.9. The largest absolute Gasteiger partial charge is 0.416 e. The molecule has 0 saturated carbocycles. The van der Waals surface area contributed by atoms with Crippen molar-refractivity contribution in [2.24, 2.45) is 0 Å². The Labute approximate surface area is 96.9 Å². The quantitative estimate of drug-likeness (QED) is 0.772. The van der Waals surface area contributed by atoms with Crippen LogP contribution in [0.25, 0.3) is 0 Å². The van der Waals surface area contributed by atoms with E-state index in [1.165, 1.54) is 6.07 Å². The highest BCUT2D eigenvalue weighted by Crippen LogP contribution is 2.30. The summed E-state index contributed by atoms with van der Waals surface area (Å²) in [4.78, 5) is 11.0. The number of alkyl halides is 3. The molecule has 0 atom stereocenters. The van der Waals surface area contributed by atoms with Crippen molar-refractivity contribution in [3.63, 3.8) is 0 Å². The van der Waals surface area contributed by atoms with Gasteiger partial charge in [0.25, 0.3) is 0 Å². The first-order valence-corrected chi connectivity index (χ1v) is 5.33. The topological polar surface area (TPSA) is 17.1 Å². The minimum atomic E-state index is -4.31. The molecule has 0 N–H and O–H groups in total. The number of allylic oxidation sites excluding steroid dienone is 2. The number of hydrogen-bond donors (Lipinski definition) is 0. The van der Waals surface area contributed by atoms with Gasteiger partial charge in [0.2, 0.25) is 0 Å². The zero-order valence-corrected chi connectivity index (χ0v) is 9.05. The van der Waals surface area contributed by atoms with Crippen LogP contribution in [-0.2, 0) is 17.4 Å². The number of halogens is 3. The van der Waals surface area contributed by atoms with Gasteiger partial charge < -0.3 is 0 Å². The monoisotopic (exact) mass is 240 g/mol. The van der Waals surface area contributed by atoms with Gasteiger partial charge in [-0.2, -0.15) is 13.2 Å². The molecule has 0 bridgehead atoms. The minimum Gasteiger partial charge on any atom is -0.295 e. The molecule has 0 aromatic heterocycles. The molecule has 0 amide bonds. The molecule has 1 aliphatic rings. The third kappa shape index (κ3) is 2.96. The van der Waals surface area contributed by atoms with Gasteiger partial charge in [0.1, 0.15) is 0 Å². The number of carbonyl (C=O) groups excluding carboxylic acids is 1. The summed E-state index contributed by atoms with van der Waals surface area (Å²) in [7, 11) is 0. The second-order valence-electron chi connectivity index (χ2n) is 4.14. The van der Waals surface area contributed by atoms with Crippen LogP contribution in [0.2, 0.25) is 0 Å². The van der Waals surface area contributed by atoms with Crippen LogP contribution in [-0.4, -0.2) is 5.78 Å². The Morgan fingerprint density at radius 3 is 2.53 bits per heavy atom. The van der Waals surface area contributed by atoms with Gasteiger partial charge in [0.05, 0.1) is 5.56 Å². The molecule has 0 unspecified atom stereocenters. The third-order valence-electron chi connectivity index (χ3n) is 2.74. The molecular formula is C13H11F3O. The van der Waals surface area contributed by atoms with Gasteiger partial charge in [-0.3, -0.25) is 4.79 Å². The summed E-state index contributed by atoms with van der Waals surface area (Å²) in [6.07, 6.45) is -1.20. The zero-order chi connectivity index (χ0) is 12.5. The summed E-state index contributed by atoms with van der Waals surface area (Å²) >= 11 is 0. The fourth-order valence-corrected chi connectivity index (χ4v) is 1.91. The molecular weight excluding hydrogens is 229 g/mol. The van der Waals surface area contributed by atoms with E-state index in [1.807, 2.05) is 0 Å². The van der Waals surface area contributed by atoms with E-state index in [4.69, 9.17) is 0 Å². The SMILES string of the molecule is O=C1C=C(Cc2cccc(C(F)(F)F)c2)CC1. The molecule has 1 aliphatic carbocycles. The van der Waals surface area contributed by atoms with Gasteiger partial charge in [0, 0.05) is 6.42 Å². The first-order valence-electron chi connectivity index (χ1n) is 5.33. The van der Waals surface area contributed by atoms with Crippen molar-refractivity contribution in [3.8, 4) is 0 Å². The van der Waals surface area contributed by atoms with E-state index in [0.717, 1.165) is 17.7 Å². The van der Waals surface area contributed by atoms with E-state index in [-0.39, 0.29) is 5.78 Å². The second-order valence-corrected chi connectivity index (χ2v) is 4.14. The summed E-state index contributed by atoms with van der Waals surface area (Å²) in [5.74, 6) is 0.0620. The lowest BCUT2D eigenvalue weighted by atomic mass is 10.0. The van der Waals surface area contributed by atoms with E-state index in [2.05, 4.69) is 0 Å². The average Bonchev–Trinajstić information content (AvgIpc) is 2.63. The van der Waals surface area contributed by atoms with Gasteiger partial charge in [-0.25, -0.2) is 0 Å². The van der Waals surface area contributed by atoms with Crippen molar-refractivity contribution in [3.05, 3.63) is 47.0 Å². The Morgan fingerprint density at radius 2 is 1.94 bits per heavy atom. The Kier molecular flexibility index (Phi) is 3.05. The van der Waals surface area contributed by atoms with Crippen LogP contribution in [0.1, 0.15) is 24.0 Å². The summed E-state index contributed by atoms with van der Waals surface area (Å²) in [5, 5.41) is 0. The van der Waals surface area contributed by atoms with E-state index < -0.39 is 11.7 Å². The Hall–Kier alpha value is -1.58. The molecule has 4 heteroatoms. The maximum absolute atomic E-state index is 12.5. The molecule has 17 heavy (non-hydrogen) atoms. The van der Waals surface area contributed by atoms with E-state index in [1.54, 1.807) is 12.1 Å². The maximum Gasteiger partial charge on any atom is 0.416 e. The lowest BCUT2D eigenvalue weighted by molar-refractivity contribution is -0.137. The molecule has 1 nitrogen and oxygen atoms in total.